The van der Waals surface area contributed by atoms with Crippen LogP contribution in [0.5, 0.6) is 0 Å². The van der Waals surface area contributed by atoms with Crippen LogP contribution in [0.4, 0.5) is 0 Å². The van der Waals surface area contributed by atoms with Crippen LogP contribution < -0.4 is 5.32 Å². The van der Waals surface area contributed by atoms with Crippen LogP contribution in [-0.2, 0) is 14.3 Å². The first-order chi connectivity index (χ1) is 37.3. The second kappa shape index (κ2) is 56.7. The Morgan fingerprint density at radius 2 is 0.776 bits per heavy atom. The van der Waals surface area contributed by atoms with Crippen LogP contribution in [0.2, 0.25) is 0 Å². The maximum Gasteiger partial charge on any atom is 0.220 e. The topological polar surface area (TPSA) is 149 Å². The van der Waals surface area contributed by atoms with Gasteiger partial charge in [0.05, 0.1) is 25.4 Å². The predicted molar refractivity (Wildman–Crippen MR) is 323 cm³/mol. The molecule has 0 bridgehead atoms. The maximum absolute atomic E-state index is 13.1. The van der Waals surface area contributed by atoms with Gasteiger partial charge in [0.25, 0.3) is 0 Å². The Balaban J connectivity index is 2.12. The lowest BCUT2D eigenvalue weighted by atomic mass is 9.99. The van der Waals surface area contributed by atoms with Crippen molar-refractivity contribution in [1.29, 1.82) is 0 Å². The van der Waals surface area contributed by atoms with Gasteiger partial charge in [-0.15, -0.1) is 0 Å². The minimum atomic E-state index is -1.57. The molecule has 1 aliphatic rings. The van der Waals surface area contributed by atoms with Gasteiger partial charge in [0.15, 0.2) is 6.29 Å². The number of nitrogens with one attached hydrogen (secondary N) is 1. The molecule has 7 atom stereocenters. The molecule has 76 heavy (non-hydrogen) atoms. The monoisotopic (exact) mass is 1070 g/mol. The summed E-state index contributed by atoms with van der Waals surface area (Å²) in [6.45, 7) is 3.82. The van der Waals surface area contributed by atoms with Gasteiger partial charge < -0.3 is 40.3 Å². The van der Waals surface area contributed by atoms with Gasteiger partial charge in [0, 0.05) is 6.42 Å². The van der Waals surface area contributed by atoms with Crippen LogP contribution >= 0.6 is 0 Å². The Hall–Kier alpha value is -1.59. The lowest BCUT2D eigenvalue weighted by Crippen LogP contribution is -2.60. The van der Waals surface area contributed by atoms with E-state index in [1.807, 2.05) is 6.08 Å². The largest absolute Gasteiger partial charge is 0.394 e. The zero-order chi connectivity index (χ0) is 55.0. The second-order valence-electron chi connectivity index (χ2n) is 23.3. The molecule has 1 saturated heterocycles. The normalized spacial score (nSPS) is 19.0. The van der Waals surface area contributed by atoms with Gasteiger partial charge in [0.1, 0.15) is 24.4 Å². The number of amides is 1. The molecule has 1 heterocycles. The summed E-state index contributed by atoms with van der Waals surface area (Å²) < 4.78 is 11.3. The Kier molecular flexibility index (Phi) is 54.0. The molecule has 1 rings (SSSR count). The van der Waals surface area contributed by atoms with Gasteiger partial charge in [-0.25, -0.2) is 0 Å². The van der Waals surface area contributed by atoms with Crippen molar-refractivity contribution in [3.05, 3.63) is 36.5 Å². The minimum Gasteiger partial charge on any atom is -0.394 e. The summed E-state index contributed by atoms with van der Waals surface area (Å²) >= 11 is 0. The van der Waals surface area contributed by atoms with Crippen molar-refractivity contribution in [3.63, 3.8) is 0 Å². The van der Waals surface area contributed by atoms with Crippen molar-refractivity contribution in [1.82, 2.24) is 5.32 Å². The van der Waals surface area contributed by atoms with Gasteiger partial charge >= 0.3 is 0 Å². The van der Waals surface area contributed by atoms with Crippen LogP contribution in [0, 0.1) is 0 Å². The smallest absolute Gasteiger partial charge is 0.220 e. The van der Waals surface area contributed by atoms with Crippen molar-refractivity contribution in [2.45, 2.75) is 371 Å². The molecule has 1 aliphatic heterocycles. The molecule has 0 aromatic carbocycles. The van der Waals surface area contributed by atoms with Crippen molar-refractivity contribution < 1.29 is 39.8 Å². The average molecular weight is 1070 g/mol. The highest BCUT2D eigenvalue weighted by Gasteiger charge is 2.44. The third-order valence-corrected chi connectivity index (χ3v) is 16.0. The molecule has 9 heteroatoms. The number of ether oxygens (including phenoxy) is 2. The first-order valence-corrected chi connectivity index (χ1v) is 33.2. The van der Waals surface area contributed by atoms with Gasteiger partial charge in [0.2, 0.25) is 5.91 Å². The van der Waals surface area contributed by atoms with Gasteiger partial charge in [-0.2, -0.15) is 0 Å². The number of unbranched alkanes of at least 4 members (excludes halogenated alkanes) is 44. The number of aliphatic hydroxyl groups is 5. The van der Waals surface area contributed by atoms with Gasteiger partial charge in [-0.3, -0.25) is 4.79 Å². The van der Waals surface area contributed by atoms with E-state index in [1.54, 1.807) is 6.08 Å². The number of carbonyl (C=O) groups is 1. The minimum absolute atomic E-state index is 0.171. The average Bonchev–Trinajstić information content (AvgIpc) is 3.42. The Morgan fingerprint density at radius 1 is 0.447 bits per heavy atom. The Morgan fingerprint density at radius 3 is 1.13 bits per heavy atom. The summed E-state index contributed by atoms with van der Waals surface area (Å²) in [7, 11) is 0. The molecule has 1 fully saturated rings. The fourth-order valence-electron chi connectivity index (χ4n) is 10.7. The fourth-order valence-corrected chi connectivity index (χ4v) is 10.7. The molecular formula is C67H127NO8. The third-order valence-electron chi connectivity index (χ3n) is 16.0. The zero-order valence-corrected chi connectivity index (χ0v) is 50.0. The molecule has 1 amide bonds. The molecule has 0 radical (unpaired) electrons. The van der Waals surface area contributed by atoms with Crippen molar-refractivity contribution in [2.24, 2.45) is 0 Å². The summed E-state index contributed by atoms with van der Waals surface area (Å²) in [6.07, 6.45) is 68.1. The summed E-state index contributed by atoms with van der Waals surface area (Å²) in [4.78, 5) is 13.1. The van der Waals surface area contributed by atoms with Crippen LogP contribution in [0.1, 0.15) is 328 Å². The SMILES string of the molecule is CCCCCCCCCCC/C=C\C/C=C\CCCCCCCCCCCCCCCCCCCC(=O)NC(COC1OC(CO)C(O)C(O)C1O)C(O)/C=C/CCCCCCCCCCCCCCCCCCCC. The summed E-state index contributed by atoms with van der Waals surface area (Å²) in [5, 5.41) is 54.7. The molecule has 0 aromatic heterocycles. The molecule has 0 aromatic rings. The number of allylic oxidation sites excluding steroid dienone is 5. The van der Waals surface area contributed by atoms with Gasteiger partial charge in [-0.05, 0) is 51.4 Å². The molecule has 448 valence electrons. The lowest BCUT2D eigenvalue weighted by molar-refractivity contribution is -0.302. The van der Waals surface area contributed by atoms with Crippen LogP contribution in [-0.4, -0.2) is 87.5 Å². The first-order valence-electron chi connectivity index (χ1n) is 33.2. The molecule has 7 unspecified atom stereocenters. The highest BCUT2D eigenvalue weighted by atomic mass is 16.7. The standard InChI is InChI=1S/C67H127NO8/c1-3-5-7-9-11-13-15-17-19-21-23-25-26-27-28-29-30-31-32-33-34-35-36-37-39-41-43-45-47-49-51-53-55-57-63(71)68-60(59-75-67-66(74)65(73)64(72)62(58-69)76-67)61(70)56-54-52-50-48-46-44-42-40-38-24-22-20-18-16-14-12-10-8-6-4-2/h23,25,27-28,54,56,60-62,64-67,69-70,72-74H,3-22,24,26,29-53,55,57-59H2,1-2H3,(H,68,71)/b25-23-,28-27-,56-54+. The van der Waals surface area contributed by atoms with E-state index in [4.69, 9.17) is 9.47 Å². The quantitative estimate of drug-likeness (QED) is 0.0261. The number of hydrogen-bond acceptors (Lipinski definition) is 8. The second-order valence-corrected chi connectivity index (χ2v) is 23.3. The maximum atomic E-state index is 13.1. The Labute approximate surface area is 470 Å². The molecule has 0 saturated carbocycles. The van der Waals surface area contributed by atoms with E-state index in [0.29, 0.717) is 6.42 Å². The van der Waals surface area contributed by atoms with Crippen LogP contribution in [0.3, 0.4) is 0 Å². The zero-order valence-electron chi connectivity index (χ0n) is 50.0. The number of rotatable bonds is 58. The summed E-state index contributed by atoms with van der Waals surface area (Å²) in [6, 6.07) is -0.804. The summed E-state index contributed by atoms with van der Waals surface area (Å²) in [5.41, 5.74) is 0. The van der Waals surface area contributed by atoms with Crippen LogP contribution in [0.15, 0.2) is 36.5 Å². The van der Waals surface area contributed by atoms with E-state index in [9.17, 15) is 30.3 Å². The van der Waals surface area contributed by atoms with E-state index in [1.165, 1.54) is 263 Å². The van der Waals surface area contributed by atoms with E-state index >= 15 is 0 Å². The first kappa shape index (κ1) is 72.4. The number of hydrogen-bond donors (Lipinski definition) is 6. The van der Waals surface area contributed by atoms with Crippen molar-refractivity contribution in [2.75, 3.05) is 13.2 Å². The van der Waals surface area contributed by atoms with E-state index in [-0.39, 0.29) is 12.5 Å². The Bertz CT molecular complexity index is 1290. The lowest BCUT2D eigenvalue weighted by Gasteiger charge is -2.40. The molecule has 9 nitrogen and oxygen atoms in total. The van der Waals surface area contributed by atoms with Crippen LogP contribution in [0.25, 0.3) is 0 Å². The number of aliphatic hydroxyl groups excluding tert-OH is 5. The predicted octanol–water partition coefficient (Wildman–Crippen LogP) is 17.5. The van der Waals surface area contributed by atoms with E-state index < -0.39 is 49.5 Å². The number of carbonyl (C=O) groups excluding carboxylic acids is 1. The van der Waals surface area contributed by atoms with E-state index in [0.717, 1.165) is 44.9 Å². The highest BCUT2D eigenvalue weighted by Crippen LogP contribution is 2.23. The van der Waals surface area contributed by atoms with Crippen molar-refractivity contribution >= 4 is 5.91 Å². The van der Waals surface area contributed by atoms with Gasteiger partial charge in [-0.1, -0.05) is 307 Å². The third kappa shape index (κ3) is 45.2. The molecule has 0 aliphatic carbocycles. The fraction of sp³-hybridized carbons (Fsp3) is 0.896. The molecular weight excluding hydrogens is 947 g/mol. The summed E-state index contributed by atoms with van der Waals surface area (Å²) in [5.74, 6) is -0.171. The van der Waals surface area contributed by atoms with E-state index in [2.05, 4.69) is 43.5 Å². The molecule has 6 N–H and O–H groups in total. The van der Waals surface area contributed by atoms with Crippen molar-refractivity contribution in [3.8, 4) is 0 Å². The molecule has 0 spiro atoms. The highest BCUT2D eigenvalue weighted by molar-refractivity contribution is 5.76.